The number of hydrogen-bond acceptors (Lipinski definition) is 4. The first-order valence-corrected chi connectivity index (χ1v) is 9.73. The summed E-state index contributed by atoms with van der Waals surface area (Å²) in [7, 11) is 0. The molecule has 1 saturated carbocycles. The van der Waals surface area contributed by atoms with Crippen LogP contribution in [0.3, 0.4) is 0 Å². The summed E-state index contributed by atoms with van der Waals surface area (Å²) in [5.41, 5.74) is 0. The second-order valence-electron chi connectivity index (χ2n) is 7.60. The smallest absolute Gasteiger partial charge is 0.191 e. The van der Waals surface area contributed by atoms with Gasteiger partial charge < -0.3 is 20.3 Å². The summed E-state index contributed by atoms with van der Waals surface area (Å²) in [5, 5.41) is 25.6. The van der Waals surface area contributed by atoms with Crippen molar-refractivity contribution >= 4 is 5.96 Å². The first-order chi connectivity index (χ1) is 12.1. The molecule has 3 atom stereocenters. The van der Waals surface area contributed by atoms with Crippen molar-refractivity contribution in [3.05, 3.63) is 11.6 Å². The minimum Gasteiger partial charge on any atom is -0.393 e. The van der Waals surface area contributed by atoms with Gasteiger partial charge in [-0.1, -0.05) is 20.3 Å². The number of aliphatic hydroxyl groups is 1. The molecule has 25 heavy (non-hydrogen) atoms. The summed E-state index contributed by atoms with van der Waals surface area (Å²) in [4.78, 5) is 4.74. The van der Waals surface area contributed by atoms with Crippen LogP contribution < -0.4 is 10.6 Å². The molecule has 0 spiro atoms. The third-order valence-corrected chi connectivity index (χ3v) is 5.28. The van der Waals surface area contributed by atoms with Crippen LogP contribution in [-0.4, -0.2) is 51.1 Å². The van der Waals surface area contributed by atoms with E-state index in [1.54, 1.807) is 0 Å². The number of nitrogens with one attached hydrogen (secondary N) is 2. The molecule has 3 N–H and O–H groups in total. The van der Waals surface area contributed by atoms with Crippen LogP contribution in [0.25, 0.3) is 0 Å². The molecule has 7 nitrogen and oxygen atoms in total. The lowest BCUT2D eigenvalue weighted by Gasteiger charge is -2.27. The Morgan fingerprint density at radius 3 is 2.84 bits per heavy atom. The molecule has 0 radical (unpaired) electrons. The molecule has 0 bridgehead atoms. The molecule has 2 heterocycles. The number of rotatable bonds is 5. The fourth-order valence-electron chi connectivity index (χ4n) is 3.85. The highest BCUT2D eigenvalue weighted by molar-refractivity contribution is 5.80. The summed E-state index contributed by atoms with van der Waals surface area (Å²) >= 11 is 0. The lowest BCUT2D eigenvalue weighted by atomic mass is 10.1. The van der Waals surface area contributed by atoms with E-state index in [0.29, 0.717) is 24.4 Å². The fraction of sp³-hybridized carbons (Fsp3) is 0.833. The predicted octanol–water partition coefficient (Wildman–Crippen LogP) is 1.43. The van der Waals surface area contributed by atoms with E-state index in [4.69, 9.17) is 4.99 Å². The van der Waals surface area contributed by atoms with Gasteiger partial charge in [-0.3, -0.25) is 4.99 Å². The van der Waals surface area contributed by atoms with Crippen molar-refractivity contribution in [2.45, 2.75) is 77.5 Å². The van der Waals surface area contributed by atoms with E-state index in [2.05, 4.69) is 46.2 Å². The number of fused-ring (bicyclic) bond motifs is 1. The Bertz CT molecular complexity index is 596. The maximum absolute atomic E-state index is 9.99. The van der Waals surface area contributed by atoms with E-state index in [1.807, 2.05) is 0 Å². The van der Waals surface area contributed by atoms with E-state index >= 15 is 0 Å². The van der Waals surface area contributed by atoms with Crippen LogP contribution in [0.2, 0.25) is 0 Å². The largest absolute Gasteiger partial charge is 0.393 e. The first kappa shape index (κ1) is 18.2. The van der Waals surface area contributed by atoms with Crippen LogP contribution in [0.15, 0.2) is 4.99 Å². The predicted molar refractivity (Wildman–Crippen MR) is 98.7 cm³/mol. The molecule has 1 aliphatic heterocycles. The number of guanidine groups is 1. The molecule has 0 saturated heterocycles. The highest BCUT2D eigenvalue weighted by atomic mass is 16.3. The highest BCUT2D eigenvalue weighted by Crippen LogP contribution is 2.25. The molecular formula is C18H32N6O. The van der Waals surface area contributed by atoms with Crippen molar-refractivity contribution in [2.75, 3.05) is 13.1 Å². The van der Waals surface area contributed by atoms with Crippen LogP contribution in [0.1, 0.15) is 64.0 Å². The lowest BCUT2D eigenvalue weighted by Crippen LogP contribution is -2.47. The SMILES string of the molecule is CCNC(=NCC1CCCC1O)NC1CCc2nnc(C(C)C)n2C1. The maximum atomic E-state index is 9.99. The molecule has 3 unspecified atom stereocenters. The van der Waals surface area contributed by atoms with Crippen LogP contribution >= 0.6 is 0 Å². The van der Waals surface area contributed by atoms with Crippen molar-refractivity contribution in [3.8, 4) is 0 Å². The van der Waals surface area contributed by atoms with Gasteiger partial charge in [-0.25, -0.2) is 0 Å². The van der Waals surface area contributed by atoms with Crippen molar-refractivity contribution in [3.63, 3.8) is 0 Å². The Morgan fingerprint density at radius 1 is 1.32 bits per heavy atom. The molecule has 1 aliphatic carbocycles. The van der Waals surface area contributed by atoms with Gasteiger partial charge in [0, 0.05) is 43.9 Å². The number of aliphatic hydroxyl groups excluding tert-OH is 1. The number of hydrogen-bond donors (Lipinski definition) is 3. The lowest BCUT2D eigenvalue weighted by molar-refractivity contribution is 0.136. The Hall–Kier alpha value is -1.63. The van der Waals surface area contributed by atoms with Crippen molar-refractivity contribution in [1.29, 1.82) is 0 Å². The summed E-state index contributed by atoms with van der Waals surface area (Å²) in [5.74, 6) is 3.70. The molecule has 0 aromatic carbocycles. The second kappa shape index (κ2) is 8.17. The Morgan fingerprint density at radius 2 is 2.16 bits per heavy atom. The Labute approximate surface area is 150 Å². The highest BCUT2D eigenvalue weighted by Gasteiger charge is 2.26. The summed E-state index contributed by atoms with van der Waals surface area (Å²) < 4.78 is 2.26. The minimum atomic E-state index is -0.186. The van der Waals surface area contributed by atoms with E-state index in [9.17, 15) is 5.11 Å². The molecule has 7 heteroatoms. The summed E-state index contributed by atoms with van der Waals surface area (Å²) in [6.45, 7) is 8.81. The molecule has 1 fully saturated rings. The minimum absolute atomic E-state index is 0.186. The standard InChI is InChI=1S/C18H32N6O/c1-4-19-18(20-10-13-6-5-7-15(13)25)21-14-8-9-16-22-23-17(12(2)3)24(16)11-14/h12-15,25H,4-11H2,1-3H3,(H2,19,20,21). The van der Waals surface area contributed by atoms with E-state index in [0.717, 1.165) is 62.8 Å². The maximum Gasteiger partial charge on any atom is 0.191 e. The third kappa shape index (κ3) is 4.32. The molecule has 3 rings (SSSR count). The topological polar surface area (TPSA) is 87.4 Å². The van der Waals surface area contributed by atoms with Gasteiger partial charge in [0.1, 0.15) is 11.6 Å². The Balaban J connectivity index is 1.63. The van der Waals surface area contributed by atoms with E-state index in [-0.39, 0.29) is 6.10 Å². The van der Waals surface area contributed by atoms with Crippen LogP contribution in [0.4, 0.5) is 0 Å². The zero-order valence-corrected chi connectivity index (χ0v) is 15.7. The molecule has 1 aromatic rings. The number of aryl methyl sites for hydroxylation is 1. The van der Waals surface area contributed by atoms with Crippen molar-refractivity contribution in [2.24, 2.45) is 10.9 Å². The molecule has 0 amide bonds. The van der Waals surface area contributed by atoms with Gasteiger partial charge in [-0.05, 0) is 26.2 Å². The quantitative estimate of drug-likeness (QED) is 0.553. The van der Waals surface area contributed by atoms with Gasteiger partial charge in [-0.15, -0.1) is 10.2 Å². The summed E-state index contributed by atoms with van der Waals surface area (Å²) in [6.07, 6.45) is 4.90. The van der Waals surface area contributed by atoms with Gasteiger partial charge in [0.2, 0.25) is 0 Å². The fourth-order valence-corrected chi connectivity index (χ4v) is 3.85. The van der Waals surface area contributed by atoms with Gasteiger partial charge in [0.25, 0.3) is 0 Å². The Kier molecular flexibility index (Phi) is 5.93. The van der Waals surface area contributed by atoms with Gasteiger partial charge >= 0.3 is 0 Å². The normalized spacial score (nSPS) is 26.8. The van der Waals surface area contributed by atoms with Crippen LogP contribution in [-0.2, 0) is 13.0 Å². The third-order valence-electron chi connectivity index (χ3n) is 5.28. The van der Waals surface area contributed by atoms with E-state index < -0.39 is 0 Å². The summed E-state index contributed by atoms with van der Waals surface area (Å²) in [6, 6.07) is 0.326. The zero-order chi connectivity index (χ0) is 17.8. The van der Waals surface area contributed by atoms with Crippen molar-refractivity contribution < 1.29 is 5.11 Å². The number of nitrogens with zero attached hydrogens (tertiary/aromatic N) is 4. The van der Waals surface area contributed by atoms with Crippen LogP contribution in [0, 0.1) is 5.92 Å². The van der Waals surface area contributed by atoms with E-state index in [1.165, 1.54) is 0 Å². The molecular weight excluding hydrogens is 316 g/mol. The monoisotopic (exact) mass is 348 g/mol. The molecule has 140 valence electrons. The number of aliphatic imine (C=N–C) groups is 1. The zero-order valence-electron chi connectivity index (χ0n) is 15.7. The first-order valence-electron chi connectivity index (χ1n) is 9.73. The van der Waals surface area contributed by atoms with Gasteiger partial charge in [-0.2, -0.15) is 0 Å². The molecule has 2 aliphatic rings. The van der Waals surface area contributed by atoms with Crippen LogP contribution in [0.5, 0.6) is 0 Å². The van der Waals surface area contributed by atoms with Gasteiger partial charge in [0.05, 0.1) is 6.10 Å². The second-order valence-corrected chi connectivity index (χ2v) is 7.60. The average Bonchev–Trinajstić information content (AvgIpc) is 3.18. The number of aromatic nitrogens is 3. The van der Waals surface area contributed by atoms with Gasteiger partial charge in [0.15, 0.2) is 5.96 Å². The van der Waals surface area contributed by atoms with Crippen molar-refractivity contribution in [1.82, 2.24) is 25.4 Å². The average molecular weight is 348 g/mol. The molecule has 1 aromatic heterocycles.